The van der Waals surface area contributed by atoms with E-state index in [0.29, 0.717) is 19.5 Å². The third kappa shape index (κ3) is 3.12. The number of carbonyl (C=O) groups excluding carboxylic acids is 2. The molecule has 0 aromatic carbocycles. The predicted molar refractivity (Wildman–Crippen MR) is 67.9 cm³/mol. The van der Waals surface area contributed by atoms with Gasteiger partial charge >= 0.3 is 5.97 Å². The Hall–Kier alpha value is -1.32. The van der Waals surface area contributed by atoms with Crippen LogP contribution in [0.2, 0.25) is 0 Å². The van der Waals surface area contributed by atoms with E-state index in [1.165, 1.54) is 25.5 Å². The van der Waals surface area contributed by atoms with Crippen LogP contribution in [0.4, 0.5) is 0 Å². The molecule has 1 unspecified atom stereocenters. The summed E-state index contributed by atoms with van der Waals surface area (Å²) >= 11 is 0. The molecule has 4 nitrogen and oxygen atoms in total. The van der Waals surface area contributed by atoms with Gasteiger partial charge in [0.1, 0.15) is 0 Å². The highest BCUT2D eigenvalue weighted by Gasteiger charge is 2.31. The van der Waals surface area contributed by atoms with E-state index in [9.17, 15) is 9.59 Å². The van der Waals surface area contributed by atoms with Crippen molar-refractivity contribution in [1.82, 2.24) is 4.90 Å². The minimum atomic E-state index is -0.192. The van der Waals surface area contributed by atoms with Crippen LogP contribution in [0.25, 0.3) is 0 Å². The van der Waals surface area contributed by atoms with Gasteiger partial charge in [0, 0.05) is 19.5 Å². The molecule has 1 aliphatic heterocycles. The van der Waals surface area contributed by atoms with E-state index in [2.05, 4.69) is 6.08 Å². The third-order valence-electron chi connectivity index (χ3n) is 3.84. The lowest BCUT2D eigenvalue weighted by Crippen LogP contribution is -2.30. The standard InChI is InChI=1S/C14H21NO3/c1-18-14(17)12-7-8-15(10-12)13(16)9-11-5-3-2-4-6-11/h5,12H,2-4,6-10H2,1H3. The van der Waals surface area contributed by atoms with Crippen molar-refractivity contribution in [2.45, 2.75) is 38.5 Å². The molecule has 1 heterocycles. The van der Waals surface area contributed by atoms with Crippen LogP contribution in [-0.4, -0.2) is 37.0 Å². The van der Waals surface area contributed by atoms with Crippen molar-refractivity contribution in [3.05, 3.63) is 11.6 Å². The number of allylic oxidation sites excluding steroid dienone is 1. The van der Waals surface area contributed by atoms with Gasteiger partial charge in [0.05, 0.1) is 13.0 Å². The lowest BCUT2D eigenvalue weighted by molar-refractivity contribution is -0.145. The van der Waals surface area contributed by atoms with Gasteiger partial charge in [-0.15, -0.1) is 0 Å². The Morgan fingerprint density at radius 3 is 2.94 bits per heavy atom. The summed E-state index contributed by atoms with van der Waals surface area (Å²) in [5.74, 6) is -0.156. The van der Waals surface area contributed by atoms with E-state index in [0.717, 1.165) is 19.3 Å². The first-order valence-electron chi connectivity index (χ1n) is 6.74. The van der Waals surface area contributed by atoms with Crippen molar-refractivity contribution in [1.29, 1.82) is 0 Å². The number of hydrogen-bond acceptors (Lipinski definition) is 3. The molecule has 4 heteroatoms. The van der Waals surface area contributed by atoms with E-state index < -0.39 is 0 Å². The summed E-state index contributed by atoms with van der Waals surface area (Å²) in [6.45, 7) is 1.21. The highest BCUT2D eigenvalue weighted by molar-refractivity contribution is 5.81. The van der Waals surface area contributed by atoms with Gasteiger partial charge < -0.3 is 9.64 Å². The Balaban J connectivity index is 1.83. The van der Waals surface area contributed by atoms with Gasteiger partial charge in [-0.1, -0.05) is 11.6 Å². The zero-order chi connectivity index (χ0) is 13.0. The summed E-state index contributed by atoms with van der Waals surface area (Å²) in [4.78, 5) is 25.3. The molecule has 0 radical (unpaired) electrons. The summed E-state index contributed by atoms with van der Waals surface area (Å²) in [7, 11) is 1.40. The fraction of sp³-hybridized carbons (Fsp3) is 0.714. The van der Waals surface area contributed by atoms with Crippen LogP contribution in [0, 0.1) is 5.92 Å². The number of rotatable bonds is 3. The number of nitrogens with zero attached hydrogens (tertiary/aromatic N) is 1. The first kappa shape index (κ1) is 13.1. The third-order valence-corrected chi connectivity index (χ3v) is 3.84. The van der Waals surface area contributed by atoms with Crippen molar-refractivity contribution in [3.63, 3.8) is 0 Å². The fourth-order valence-corrected chi connectivity index (χ4v) is 2.72. The second kappa shape index (κ2) is 6.03. The molecule has 0 spiro atoms. The Morgan fingerprint density at radius 2 is 2.28 bits per heavy atom. The van der Waals surface area contributed by atoms with Crippen LogP contribution in [0.3, 0.4) is 0 Å². The van der Waals surface area contributed by atoms with Crippen LogP contribution in [0.1, 0.15) is 38.5 Å². The minimum Gasteiger partial charge on any atom is -0.469 e. The summed E-state index contributed by atoms with van der Waals surface area (Å²) in [6, 6.07) is 0. The Bertz CT molecular complexity index is 362. The molecule has 1 saturated heterocycles. The predicted octanol–water partition coefficient (Wildman–Crippen LogP) is 1.90. The van der Waals surface area contributed by atoms with Crippen molar-refractivity contribution in [2.24, 2.45) is 5.92 Å². The second-order valence-corrected chi connectivity index (χ2v) is 5.13. The second-order valence-electron chi connectivity index (χ2n) is 5.13. The van der Waals surface area contributed by atoms with Crippen molar-refractivity contribution in [2.75, 3.05) is 20.2 Å². The van der Waals surface area contributed by atoms with Gasteiger partial charge in [0.2, 0.25) is 5.91 Å². The van der Waals surface area contributed by atoms with Gasteiger partial charge in [-0.05, 0) is 32.1 Å². The van der Waals surface area contributed by atoms with Crippen molar-refractivity contribution < 1.29 is 14.3 Å². The molecule has 2 aliphatic rings. The molecule has 0 saturated carbocycles. The lowest BCUT2D eigenvalue weighted by atomic mass is 9.97. The maximum absolute atomic E-state index is 12.1. The Labute approximate surface area is 108 Å². The molecule has 0 aromatic rings. The normalized spacial score (nSPS) is 23.7. The SMILES string of the molecule is COC(=O)C1CCN(C(=O)CC2=CCCCC2)C1. The average molecular weight is 251 g/mol. The van der Waals surface area contributed by atoms with Crippen LogP contribution in [0.15, 0.2) is 11.6 Å². The molecule has 1 fully saturated rings. The highest BCUT2D eigenvalue weighted by Crippen LogP contribution is 2.23. The summed E-state index contributed by atoms with van der Waals surface area (Å²) in [6.07, 6.45) is 8.07. The maximum Gasteiger partial charge on any atom is 0.310 e. The number of hydrogen-bond donors (Lipinski definition) is 0. The maximum atomic E-state index is 12.1. The number of esters is 1. The van der Waals surface area contributed by atoms with Crippen LogP contribution in [0.5, 0.6) is 0 Å². The molecule has 1 atom stereocenters. The number of likely N-dealkylation sites (tertiary alicyclic amines) is 1. The molecule has 0 bridgehead atoms. The largest absolute Gasteiger partial charge is 0.469 e. The Morgan fingerprint density at radius 1 is 1.44 bits per heavy atom. The zero-order valence-corrected chi connectivity index (χ0v) is 11.0. The molecular weight excluding hydrogens is 230 g/mol. The highest BCUT2D eigenvalue weighted by atomic mass is 16.5. The van der Waals surface area contributed by atoms with Crippen LogP contribution < -0.4 is 0 Å². The van der Waals surface area contributed by atoms with E-state index in [4.69, 9.17) is 4.74 Å². The summed E-state index contributed by atoms with van der Waals surface area (Å²) in [5, 5.41) is 0. The molecule has 1 amide bonds. The first-order valence-corrected chi connectivity index (χ1v) is 6.74. The van der Waals surface area contributed by atoms with Gasteiger partial charge in [-0.2, -0.15) is 0 Å². The van der Waals surface area contributed by atoms with Gasteiger partial charge in [0.25, 0.3) is 0 Å². The average Bonchev–Trinajstić information content (AvgIpc) is 2.88. The smallest absolute Gasteiger partial charge is 0.310 e. The molecule has 18 heavy (non-hydrogen) atoms. The van der Waals surface area contributed by atoms with Gasteiger partial charge in [-0.25, -0.2) is 0 Å². The fourth-order valence-electron chi connectivity index (χ4n) is 2.72. The number of ether oxygens (including phenoxy) is 1. The monoisotopic (exact) mass is 251 g/mol. The van der Waals surface area contributed by atoms with E-state index >= 15 is 0 Å². The molecule has 100 valence electrons. The Kier molecular flexibility index (Phi) is 4.39. The molecular formula is C14H21NO3. The lowest BCUT2D eigenvalue weighted by Gasteiger charge is -2.18. The van der Waals surface area contributed by atoms with Gasteiger partial charge in [0.15, 0.2) is 0 Å². The number of methoxy groups -OCH3 is 1. The van der Waals surface area contributed by atoms with E-state index in [1.807, 2.05) is 0 Å². The molecule has 0 N–H and O–H groups in total. The van der Waals surface area contributed by atoms with Crippen molar-refractivity contribution in [3.8, 4) is 0 Å². The van der Waals surface area contributed by atoms with E-state index in [1.54, 1.807) is 4.90 Å². The molecule has 2 rings (SSSR count). The minimum absolute atomic E-state index is 0.126. The molecule has 1 aliphatic carbocycles. The summed E-state index contributed by atoms with van der Waals surface area (Å²) in [5.41, 5.74) is 1.27. The number of amides is 1. The van der Waals surface area contributed by atoms with Crippen LogP contribution in [-0.2, 0) is 14.3 Å². The first-order chi connectivity index (χ1) is 8.70. The number of carbonyl (C=O) groups is 2. The molecule has 0 aromatic heterocycles. The topological polar surface area (TPSA) is 46.6 Å². The van der Waals surface area contributed by atoms with E-state index in [-0.39, 0.29) is 17.8 Å². The van der Waals surface area contributed by atoms with Crippen LogP contribution >= 0.6 is 0 Å². The summed E-state index contributed by atoms with van der Waals surface area (Å²) < 4.78 is 4.72. The van der Waals surface area contributed by atoms with Gasteiger partial charge in [-0.3, -0.25) is 9.59 Å². The van der Waals surface area contributed by atoms with Crippen molar-refractivity contribution >= 4 is 11.9 Å². The quantitative estimate of drug-likeness (QED) is 0.568. The zero-order valence-electron chi connectivity index (χ0n) is 11.0.